The van der Waals surface area contributed by atoms with E-state index in [-0.39, 0.29) is 16.3 Å². The van der Waals surface area contributed by atoms with Crippen molar-refractivity contribution in [2.24, 2.45) is 0 Å². The van der Waals surface area contributed by atoms with Crippen LogP contribution in [0.15, 0.2) is 71.6 Å². The van der Waals surface area contributed by atoms with E-state index in [0.717, 1.165) is 24.3 Å². The highest BCUT2D eigenvalue weighted by Crippen LogP contribution is 2.35. The average molecular weight is 473 g/mol. The Morgan fingerprint density at radius 2 is 1.55 bits per heavy atom. The third kappa shape index (κ3) is 5.15. The van der Waals surface area contributed by atoms with Gasteiger partial charge in [0.05, 0.1) is 32.4 Å². The predicted octanol–water partition coefficient (Wildman–Crippen LogP) is 5.55. The molecule has 0 saturated heterocycles. The molecule has 0 radical (unpaired) electrons. The third-order valence-electron chi connectivity index (χ3n) is 4.09. The summed E-state index contributed by atoms with van der Waals surface area (Å²) in [7, 11) is -4.55. The van der Waals surface area contributed by atoms with E-state index >= 15 is 0 Å². The zero-order valence-corrected chi connectivity index (χ0v) is 16.9. The van der Waals surface area contributed by atoms with Crippen LogP contribution in [0, 0.1) is 5.82 Å². The molecule has 1 amide bonds. The number of rotatable bonds is 5. The first-order chi connectivity index (χ1) is 14.5. The van der Waals surface area contributed by atoms with Crippen molar-refractivity contribution in [2.45, 2.75) is 11.1 Å². The second kappa shape index (κ2) is 8.56. The molecule has 162 valence electrons. The second-order valence-electron chi connectivity index (χ2n) is 6.22. The molecular formula is C20H13ClF4N2O3S. The van der Waals surface area contributed by atoms with Crippen LogP contribution in [0.2, 0.25) is 5.02 Å². The molecule has 3 aromatic carbocycles. The van der Waals surface area contributed by atoms with Crippen molar-refractivity contribution in [1.29, 1.82) is 0 Å². The molecule has 0 fully saturated rings. The molecule has 11 heteroatoms. The minimum absolute atomic E-state index is 0.0747. The van der Waals surface area contributed by atoms with Gasteiger partial charge in [0.2, 0.25) is 0 Å². The van der Waals surface area contributed by atoms with Crippen molar-refractivity contribution < 1.29 is 30.8 Å². The Morgan fingerprint density at radius 3 is 2.19 bits per heavy atom. The lowest BCUT2D eigenvalue weighted by Crippen LogP contribution is -2.18. The van der Waals surface area contributed by atoms with E-state index in [2.05, 4.69) is 5.32 Å². The summed E-state index contributed by atoms with van der Waals surface area (Å²) < 4.78 is 80.5. The van der Waals surface area contributed by atoms with E-state index in [9.17, 15) is 30.8 Å². The summed E-state index contributed by atoms with van der Waals surface area (Å²) in [5.74, 6) is -1.83. The minimum atomic E-state index is -4.79. The standard InChI is InChI=1S/C20H13ClF4N2O3S/c21-15-7-3-1-5-13(15)19(28)26-18-10-9-12(11-16(18)22)31(29,30)27-17-8-4-2-6-14(17)20(23,24)25/h1-11,27H,(H,26,28). The largest absolute Gasteiger partial charge is 0.418 e. The van der Waals surface area contributed by atoms with Crippen LogP contribution in [0.1, 0.15) is 15.9 Å². The van der Waals surface area contributed by atoms with Crippen LogP contribution in [-0.2, 0) is 16.2 Å². The number of halogens is 5. The van der Waals surface area contributed by atoms with Gasteiger partial charge in [-0.1, -0.05) is 35.9 Å². The summed E-state index contributed by atoms with van der Waals surface area (Å²) in [4.78, 5) is 11.6. The van der Waals surface area contributed by atoms with Gasteiger partial charge in [0, 0.05) is 0 Å². The van der Waals surface area contributed by atoms with Gasteiger partial charge < -0.3 is 5.32 Å². The number of anilines is 2. The fraction of sp³-hybridized carbons (Fsp3) is 0.0500. The maximum Gasteiger partial charge on any atom is 0.418 e. The summed E-state index contributed by atoms with van der Waals surface area (Å²) in [6.07, 6.45) is -4.79. The van der Waals surface area contributed by atoms with Crippen LogP contribution >= 0.6 is 11.6 Å². The molecule has 0 spiro atoms. The molecular weight excluding hydrogens is 460 g/mol. The van der Waals surface area contributed by atoms with Crippen molar-refractivity contribution in [3.8, 4) is 0 Å². The first-order valence-corrected chi connectivity index (χ1v) is 10.4. The maximum atomic E-state index is 14.4. The molecule has 0 aromatic heterocycles. The summed E-state index contributed by atoms with van der Waals surface area (Å²) in [6, 6.07) is 12.5. The van der Waals surface area contributed by atoms with Gasteiger partial charge >= 0.3 is 6.18 Å². The lowest BCUT2D eigenvalue weighted by atomic mass is 10.2. The molecule has 5 nitrogen and oxygen atoms in total. The van der Waals surface area contributed by atoms with Crippen LogP contribution in [0.3, 0.4) is 0 Å². The van der Waals surface area contributed by atoms with E-state index in [1.807, 2.05) is 4.72 Å². The number of amides is 1. The Bertz CT molecular complexity index is 1250. The van der Waals surface area contributed by atoms with Gasteiger partial charge in [-0.25, -0.2) is 12.8 Å². The topological polar surface area (TPSA) is 75.3 Å². The molecule has 0 heterocycles. The molecule has 0 aliphatic rings. The van der Waals surface area contributed by atoms with Crippen LogP contribution in [0.5, 0.6) is 0 Å². The molecule has 0 atom stereocenters. The molecule has 31 heavy (non-hydrogen) atoms. The highest BCUT2D eigenvalue weighted by molar-refractivity contribution is 7.92. The lowest BCUT2D eigenvalue weighted by molar-refractivity contribution is -0.136. The third-order valence-corrected chi connectivity index (χ3v) is 5.79. The molecule has 2 N–H and O–H groups in total. The fourth-order valence-electron chi connectivity index (χ4n) is 2.62. The Kier molecular flexibility index (Phi) is 6.23. The predicted molar refractivity (Wildman–Crippen MR) is 108 cm³/mol. The van der Waals surface area contributed by atoms with Crippen LogP contribution in [0.25, 0.3) is 0 Å². The fourth-order valence-corrected chi connectivity index (χ4v) is 3.94. The zero-order chi connectivity index (χ0) is 22.8. The number of carbonyl (C=O) groups is 1. The monoisotopic (exact) mass is 472 g/mol. The Morgan fingerprint density at radius 1 is 0.903 bits per heavy atom. The number of benzene rings is 3. The van der Waals surface area contributed by atoms with Gasteiger partial charge in [0.1, 0.15) is 5.82 Å². The number of hydrogen-bond donors (Lipinski definition) is 2. The quantitative estimate of drug-likeness (QED) is 0.478. The van der Waals surface area contributed by atoms with E-state index in [1.54, 1.807) is 12.1 Å². The zero-order valence-electron chi connectivity index (χ0n) is 15.4. The number of sulfonamides is 1. The SMILES string of the molecule is O=C(Nc1ccc(S(=O)(=O)Nc2ccccc2C(F)(F)F)cc1F)c1ccccc1Cl. The van der Waals surface area contributed by atoms with Gasteiger partial charge in [-0.2, -0.15) is 13.2 Å². The van der Waals surface area contributed by atoms with Gasteiger partial charge in [-0.3, -0.25) is 9.52 Å². The molecule has 3 aromatic rings. The molecule has 0 bridgehead atoms. The molecule has 0 aliphatic carbocycles. The smallest absolute Gasteiger partial charge is 0.319 e. The van der Waals surface area contributed by atoms with Crippen LogP contribution < -0.4 is 10.0 Å². The van der Waals surface area contributed by atoms with Crippen LogP contribution in [-0.4, -0.2) is 14.3 Å². The molecule has 0 aliphatic heterocycles. The first-order valence-electron chi connectivity index (χ1n) is 8.53. The average Bonchev–Trinajstić information content (AvgIpc) is 2.69. The van der Waals surface area contributed by atoms with Crippen molar-refractivity contribution in [3.63, 3.8) is 0 Å². The number of alkyl halides is 3. The first kappa shape index (κ1) is 22.6. The maximum absolute atomic E-state index is 14.4. The lowest BCUT2D eigenvalue weighted by Gasteiger charge is -2.15. The van der Waals surface area contributed by atoms with Crippen molar-refractivity contribution in [3.05, 3.63) is 88.7 Å². The van der Waals surface area contributed by atoms with Crippen molar-refractivity contribution >= 4 is 38.9 Å². The number of para-hydroxylation sites is 1. The van der Waals surface area contributed by atoms with Crippen LogP contribution in [0.4, 0.5) is 28.9 Å². The number of nitrogens with one attached hydrogen (secondary N) is 2. The minimum Gasteiger partial charge on any atom is -0.319 e. The van der Waals surface area contributed by atoms with Gasteiger partial charge in [-0.05, 0) is 42.5 Å². The van der Waals surface area contributed by atoms with E-state index in [1.165, 1.54) is 18.2 Å². The normalized spacial score (nSPS) is 11.8. The summed E-state index contributed by atoms with van der Waals surface area (Å²) >= 11 is 5.91. The van der Waals surface area contributed by atoms with Gasteiger partial charge in [0.25, 0.3) is 15.9 Å². The van der Waals surface area contributed by atoms with E-state index in [4.69, 9.17) is 11.6 Å². The highest BCUT2D eigenvalue weighted by atomic mass is 35.5. The Hall–Kier alpha value is -3.11. The second-order valence-corrected chi connectivity index (χ2v) is 8.31. The molecule has 0 unspecified atom stereocenters. The number of carbonyl (C=O) groups excluding carboxylic acids is 1. The van der Waals surface area contributed by atoms with E-state index in [0.29, 0.717) is 12.1 Å². The van der Waals surface area contributed by atoms with Crippen molar-refractivity contribution in [2.75, 3.05) is 10.0 Å². The Balaban J connectivity index is 1.86. The number of hydrogen-bond acceptors (Lipinski definition) is 3. The van der Waals surface area contributed by atoms with Crippen molar-refractivity contribution in [1.82, 2.24) is 0 Å². The molecule has 3 rings (SSSR count). The highest BCUT2D eigenvalue weighted by Gasteiger charge is 2.34. The van der Waals surface area contributed by atoms with E-state index < -0.39 is 44.1 Å². The molecule has 0 saturated carbocycles. The van der Waals surface area contributed by atoms with Gasteiger partial charge in [-0.15, -0.1) is 0 Å². The summed E-state index contributed by atoms with van der Waals surface area (Å²) in [5.41, 5.74) is -2.15. The summed E-state index contributed by atoms with van der Waals surface area (Å²) in [6.45, 7) is 0. The Labute approximate surface area is 179 Å². The summed E-state index contributed by atoms with van der Waals surface area (Å²) in [5, 5.41) is 2.39. The van der Waals surface area contributed by atoms with Gasteiger partial charge in [0.15, 0.2) is 0 Å².